The maximum absolute atomic E-state index is 14.0. The molecule has 2 saturated heterocycles. The molecular weight excluding hydrogens is 617 g/mol. The molecule has 0 aliphatic carbocycles. The van der Waals surface area contributed by atoms with Crippen LogP contribution in [0.15, 0.2) is 71.9 Å². The fourth-order valence-corrected chi connectivity index (χ4v) is 6.80. The van der Waals surface area contributed by atoms with Gasteiger partial charge in [-0.2, -0.15) is 0 Å². The van der Waals surface area contributed by atoms with Gasteiger partial charge in [0.15, 0.2) is 17.2 Å². The fraction of sp³-hybridized carbons (Fsp3) is 0.444. The molecule has 2 aliphatic rings. The molecule has 12 heteroatoms. The topological polar surface area (TPSA) is 119 Å². The van der Waals surface area contributed by atoms with E-state index >= 15 is 0 Å². The standard InChI is InChI=1S/C36H42FN5O6/c1-35(2,3)48-34(45)40-16-12-26(28(21-40)24-8-6-5-7-9-24)32(43)39-18-14-36(46,15-19-39)22-41-23-38-31-27(33(41)44)13-17-42(31)25-10-11-29(37)30(20-25)47-4/h5-11,13,17,20,23,26,28,46H,12,14-16,18-19,21-22H2,1-4H3/t26-,28+/m1/s1. The molecular formula is C36H42FN5O6. The number of benzene rings is 2. The summed E-state index contributed by atoms with van der Waals surface area (Å²) in [4.78, 5) is 48.4. The number of aliphatic hydroxyl groups is 1. The lowest BCUT2D eigenvalue weighted by Gasteiger charge is -2.43. The molecule has 6 rings (SSSR count). The Morgan fingerprint density at radius 1 is 1.04 bits per heavy atom. The number of carbonyl (C=O) groups excluding carboxylic acids is 2. The Morgan fingerprint density at radius 3 is 2.46 bits per heavy atom. The molecule has 48 heavy (non-hydrogen) atoms. The molecule has 4 aromatic rings. The SMILES string of the molecule is COc1cc(-n2ccc3c(=O)n(CC4(O)CCN(C(=O)[C@@H]5CCN(C(=O)OC(C)(C)C)C[C@H]5c5ccccc5)CC4)cnc32)ccc1F. The number of fused-ring (bicyclic) bond motifs is 1. The zero-order valence-corrected chi connectivity index (χ0v) is 27.8. The van der Waals surface area contributed by atoms with Gasteiger partial charge in [0.1, 0.15) is 11.9 Å². The van der Waals surface area contributed by atoms with Crippen LogP contribution in [0.3, 0.4) is 0 Å². The molecule has 0 radical (unpaired) electrons. The number of likely N-dealkylation sites (tertiary alicyclic amines) is 2. The van der Waals surface area contributed by atoms with E-state index in [0.717, 1.165) is 5.56 Å². The van der Waals surface area contributed by atoms with Crippen molar-refractivity contribution >= 4 is 23.0 Å². The van der Waals surface area contributed by atoms with Gasteiger partial charge in [-0.05, 0) is 63.8 Å². The molecule has 2 aliphatic heterocycles. The highest BCUT2D eigenvalue weighted by Gasteiger charge is 2.42. The molecule has 1 N–H and O–H groups in total. The average molecular weight is 660 g/mol. The summed E-state index contributed by atoms with van der Waals surface area (Å²) in [5, 5.41) is 11.9. The van der Waals surface area contributed by atoms with Crippen molar-refractivity contribution in [2.45, 2.75) is 63.7 Å². The zero-order valence-electron chi connectivity index (χ0n) is 27.8. The number of piperidine rings is 2. The Bertz CT molecular complexity index is 1860. The molecule has 0 saturated carbocycles. The summed E-state index contributed by atoms with van der Waals surface area (Å²) in [6.07, 6.45) is 3.82. The van der Waals surface area contributed by atoms with Gasteiger partial charge in [-0.1, -0.05) is 30.3 Å². The molecule has 2 aromatic carbocycles. The lowest BCUT2D eigenvalue weighted by Crippen LogP contribution is -2.53. The van der Waals surface area contributed by atoms with E-state index in [1.807, 2.05) is 51.1 Å². The van der Waals surface area contributed by atoms with Crippen molar-refractivity contribution in [3.05, 3.63) is 88.9 Å². The van der Waals surface area contributed by atoms with E-state index in [-0.39, 0.29) is 41.7 Å². The second-order valence-corrected chi connectivity index (χ2v) is 13.8. The van der Waals surface area contributed by atoms with Gasteiger partial charge < -0.3 is 28.9 Å². The molecule has 0 bridgehead atoms. The number of carbonyl (C=O) groups is 2. The third-order valence-corrected chi connectivity index (χ3v) is 9.36. The molecule has 2 aromatic heterocycles. The minimum absolute atomic E-state index is 0.00811. The molecule has 2 atom stereocenters. The second-order valence-electron chi connectivity index (χ2n) is 13.8. The fourth-order valence-electron chi connectivity index (χ4n) is 6.80. The summed E-state index contributed by atoms with van der Waals surface area (Å²) in [5.74, 6) is -0.920. The van der Waals surface area contributed by atoms with Crippen LogP contribution in [0.1, 0.15) is 51.5 Å². The first-order chi connectivity index (χ1) is 22.9. The van der Waals surface area contributed by atoms with E-state index in [0.29, 0.717) is 62.2 Å². The lowest BCUT2D eigenvalue weighted by atomic mass is 9.79. The first-order valence-corrected chi connectivity index (χ1v) is 16.3. The zero-order chi connectivity index (χ0) is 34.2. The number of ether oxygens (including phenoxy) is 2. The predicted molar refractivity (Wildman–Crippen MR) is 178 cm³/mol. The van der Waals surface area contributed by atoms with Gasteiger partial charge in [-0.25, -0.2) is 14.2 Å². The number of hydrogen-bond donors (Lipinski definition) is 1. The first kappa shape index (κ1) is 33.2. The third-order valence-electron chi connectivity index (χ3n) is 9.36. The van der Waals surface area contributed by atoms with Crippen molar-refractivity contribution in [1.29, 1.82) is 0 Å². The largest absolute Gasteiger partial charge is 0.494 e. The van der Waals surface area contributed by atoms with Gasteiger partial charge in [-0.3, -0.25) is 14.2 Å². The smallest absolute Gasteiger partial charge is 0.410 e. The van der Waals surface area contributed by atoms with E-state index in [9.17, 15) is 23.9 Å². The van der Waals surface area contributed by atoms with Crippen molar-refractivity contribution < 1.29 is 28.6 Å². The average Bonchev–Trinajstić information content (AvgIpc) is 3.50. The molecule has 2 amide bonds. The van der Waals surface area contributed by atoms with Crippen LogP contribution in [0.2, 0.25) is 0 Å². The van der Waals surface area contributed by atoms with Crippen LogP contribution < -0.4 is 10.3 Å². The quantitative estimate of drug-likeness (QED) is 0.318. The monoisotopic (exact) mass is 659 g/mol. The highest BCUT2D eigenvalue weighted by molar-refractivity contribution is 5.81. The normalized spacial score (nSPS) is 19.7. The molecule has 11 nitrogen and oxygen atoms in total. The summed E-state index contributed by atoms with van der Waals surface area (Å²) in [7, 11) is 1.39. The van der Waals surface area contributed by atoms with E-state index in [1.165, 1.54) is 30.1 Å². The van der Waals surface area contributed by atoms with E-state index in [4.69, 9.17) is 9.47 Å². The van der Waals surface area contributed by atoms with Gasteiger partial charge in [0.25, 0.3) is 5.56 Å². The second kappa shape index (κ2) is 13.1. The van der Waals surface area contributed by atoms with Crippen LogP contribution in [0.4, 0.5) is 9.18 Å². The molecule has 254 valence electrons. The molecule has 2 fully saturated rings. The number of aromatic nitrogens is 3. The Balaban J connectivity index is 1.14. The van der Waals surface area contributed by atoms with Crippen molar-refractivity contribution in [3.8, 4) is 11.4 Å². The van der Waals surface area contributed by atoms with Crippen LogP contribution in [0, 0.1) is 11.7 Å². The number of nitrogens with zero attached hydrogens (tertiary/aromatic N) is 5. The van der Waals surface area contributed by atoms with Gasteiger partial charge in [0.2, 0.25) is 5.91 Å². The molecule has 0 spiro atoms. The van der Waals surface area contributed by atoms with Gasteiger partial charge >= 0.3 is 6.09 Å². The Morgan fingerprint density at radius 2 is 1.77 bits per heavy atom. The number of rotatable bonds is 6. The number of halogens is 1. The Labute approximate surface area is 278 Å². The molecule has 4 heterocycles. The Kier molecular flexibility index (Phi) is 9.04. The Hall–Kier alpha value is -4.71. The number of methoxy groups -OCH3 is 1. The van der Waals surface area contributed by atoms with Crippen molar-refractivity contribution in [1.82, 2.24) is 23.9 Å². The summed E-state index contributed by atoms with van der Waals surface area (Å²) in [6.45, 7) is 7.03. The summed E-state index contributed by atoms with van der Waals surface area (Å²) in [6, 6.07) is 15.8. The highest BCUT2D eigenvalue weighted by Crippen LogP contribution is 2.36. The van der Waals surface area contributed by atoms with Crippen molar-refractivity contribution in [2.75, 3.05) is 33.3 Å². The molecule has 0 unspecified atom stereocenters. The summed E-state index contributed by atoms with van der Waals surface area (Å²) >= 11 is 0. The lowest BCUT2D eigenvalue weighted by molar-refractivity contribution is -0.142. The third kappa shape index (κ3) is 6.80. The summed E-state index contributed by atoms with van der Waals surface area (Å²) in [5.41, 5.74) is -0.138. The van der Waals surface area contributed by atoms with Gasteiger partial charge in [-0.15, -0.1) is 0 Å². The van der Waals surface area contributed by atoms with E-state index in [2.05, 4.69) is 4.98 Å². The van der Waals surface area contributed by atoms with Crippen LogP contribution in [0.5, 0.6) is 5.75 Å². The van der Waals surface area contributed by atoms with Crippen molar-refractivity contribution in [3.63, 3.8) is 0 Å². The van der Waals surface area contributed by atoms with Crippen molar-refractivity contribution in [2.24, 2.45) is 5.92 Å². The van der Waals surface area contributed by atoms with E-state index < -0.39 is 17.0 Å². The van der Waals surface area contributed by atoms with Crippen LogP contribution >= 0.6 is 0 Å². The van der Waals surface area contributed by atoms with Crippen LogP contribution in [-0.4, -0.2) is 85.5 Å². The number of hydrogen-bond acceptors (Lipinski definition) is 7. The predicted octanol–water partition coefficient (Wildman–Crippen LogP) is 4.73. The van der Waals surface area contributed by atoms with Gasteiger partial charge in [0.05, 0.1) is 30.3 Å². The van der Waals surface area contributed by atoms with Crippen LogP contribution in [0.25, 0.3) is 16.7 Å². The first-order valence-electron chi connectivity index (χ1n) is 16.3. The maximum atomic E-state index is 14.0. The minimum Gasteiger partial charge on any atom is -0.494 e. The van der Waals surface area contributed by atoms with E-state index in [1.54, 1.807) is 32.7 Å². The van der Waals surface area contributed by atoms with Gasteiger partial charge in [0, 0.05) is 50.3 Å². The summed E-state index contributed by atoms with van der Waals surface area (Å²) < 4.78 is 27.8. The minimum atomic E-state index is -1.21. The maximum Gasteiger partial charge on any atom is 0.410 e. The van der Waals surface area contributed by atoms with Crippen LogP contribution in [-0.2, 0) is 16.1 Å². The number of amides is 2. The highest BCUT2D eigenvalue weighted by atomic mass is 19.1.